The largest absolute Gasteiger partial charge is 0.493 e. The molecule has 2 amide bonds. The van der Waals surface area contributed by atoms with Crippen LogP contribution in [0.25, 0.3) is 16.8 Å². The first-order valence-corrected chi connectivity index (χ1v) is 13.9. The van der Waals surface area contributed by atoms with Gasteiger partial charge in [0.25, 0.3) is 11.1 Å². The van der Waals surface area contributed by atoms with Crippen LogP contribution in [0.3, 0.4) is 0 Å². The molecule has 196 valence electrons. The highest BCUT2D eigenvalue weighted by Crippen LogP contribution is 2.40. The summed E-state index contributed by atoms with van der Waals surface area (Å²) in [6.45, 7) is -0.0451. The number of rotatable bonds is 6. The average Bonchev–Trinajstić information content (AvgIpc) is 3.18. The van der Waals surface area contributed by atoms with Gasteiger partial charge in [-0.05, 0) is 80.4 Å². The molecule has 1 aliphatic rings. The lowest BCUT2D eigenvalue weighted by atomic mass is 10.0. The fourth-order valence-electron chi connectivity index (χ4n) is 4.10. The standard InChI is InChI=1S/C29H18BrCl2NO5S/c1-37-24-13-16(14-25-27(34)33(29(36)39-25)15-20-22(31)10-5-11-23(20)32)12-21(30)26(24)38-28(35)19-9-4-7-17-6-2-3-8-18(17)19/h2-14H,15H2,1H3/b25-14-. The number of ether oxygens (including phenoxy) is 2. The molecule has 1 heterocycles. The highest BCUT2D eigenvalue weighted by atomic mass is 79.9. The van der Waals surface area contributed by atoms with Crippen LogP contribution < -0.4 is 9.47 Å². The molecule has 0 aliphatic carbocycles. The molecule has 1 fully saturated rings. The second-order valence-electron chi connectivity index (χ2n) is 8.42. The Morgan fingerprint density at radius 1 is 1.00 bits per heavy atom. The van der Waals surface area contributed by atoms with Crippen molar-refractivity contribution >= 4 is 84.9 Å². The molecule has 5 rings (SSSR count). The van der Waals surface area contributed by atoms with Crippen molar-refractivity contribution in [2.24, 2.45) is 0 Å². The van der Waals surface area contributed by atoms with Crippen molar-refractivity contribution in [2.45, 2.75) is 6.54 Å². The van der Waals surface area contributed by atoms with Crippen LogP contribution in [0.2, 0.25) is 10.0 Å². The molecule has 4 aromatic carbocycles. The van der Waals surface area contributed by atoms with Crippen molar-refractivity contribution < 1.29 is 23.9 Å². The maximum Gasteiger partial charge on any atom is 0.344 e. The van der Waals surface area contributed by atoms with Gasteiger partial charge in [-0.1, -0.05) is 65.7 Å². The van der Waals surface area contributed by atoms with Crippen molar-refractivity contribution in [1.29, 1.82) is 0 Å². The first-order chi connectivity index (χ1) is 18.8. The number of hydrogen-bond acceptors (Lipinski definition) is 6. The minimum Gasteiger partial charge on any atom is -0.493 e. The summed E-state index contributed by atoms with van der Waals surface area (Å²) in [6, 6.07) is 21.2. The summed E-state index contributed by atoms with van der Waals surface area (Å²) in [5.41, 5.74) is 1.47. The Hall–Kier alpha value is -3.30. The molecule has 0 spiro atoms. The maximum atomic E-state index is 13.1. The first kappa shape index (κ1) is 27.3. The Morgan fingerprint density at radius 3 is 2.44 bits per heavy atom. The molecule has 1 aliphatic heterocycles. The molecular weight excluding hydrogens is 625 g/mol. The molecule has 0 bridgehead atoms. The van der Waals surface area contributed by atoms with Crippen LogP contribution in [0.15, 0.2) is 82.2 Å². The number of carbonyl (C=O) groups excluding carboxylic acids is 3. The molecule has 6 nitrogen and oxygen atoms in total. The van der Waals surface area contributed by atoms with Crippen molar-refractivity contribution in [3.05, 3.63) is 109 Å². The molecule has 10 heteroatoms. The van der Waals surface area contributed by atoms with Crippen molar-refractivity contribution in [3.8, 4) is 11.5 Å². The number of fused-ring (bicyclic) bond motifs is 1. The van der Waals surface area contributed by atoms with Gasteiger partial charge in [-0.15, -0.1) is 0 Å². The molecule has 4 aromatic rings. The van der Waals surface area contributed by atoms with E-state index in [0.717, 1.165) is 27.4 Å². The van der Waals surface area contributed by atoms with E-state index in [9.17, 15) is 14.4 Å². The van der Waals surface area contributed by atoms with Crippen LogP contribution in [0.4, 0.5) is 4.79 Å². The summed E-state index contributed by atoms with van der Waals surface area (Å²) in [6.07, 6.45) is 1.57. The SMILES string of the molecule is COc1cc(/C=C2\SC(=O)N(Cc3c(Cl)cccc3Cl)C2=O)cc(Br)c1OC(=O)c1cccc2ccccc12. The third-order valence-electron chi connectivity index (χ3n) is 6.01. The van der Waals surface area contributed by atoms with E-state index in [-0.39, 0.29) is 22.9 Å². The number of esters is 1. The smallest absolute Gasteiger partial charge is 0.344 e. The quantitative estimate of drug-likeness (QED) is 0.120. The van der Waals surface area contributed by atoms with Gasteiger partial charge in [-0.3, -0.25) is 14.5 Å². The van der Waals surface area contributed by atoms with Gasteiger partial charge in [-0.25, -0.2) is 4.79 Å². The lowest BCUT2D eigenvalue weighted by Crippen LogP contribution is -2.27. The van der Waals surface area contributed by atoms with Crippen molar-refractivity contribution in [3.63, 3.8) is 0 Å². The Labute approximate surface area is 246 Å². The second kappa shape index (κ2) is 11.4. The molecule has 1 saturated heterocycles. The number of imide groups is 1. The van der Waals surface area contributed by atoms with Gasteiger partial charge < -0.3 is 9.47 Å². The lowest BCUT2D eigenvalue weighted by molar-refractivity contribution is -0.123. The Kier molecular flexibility index (Phi) is 8.00. The summed E-state index contributed by atoms with van der Waals surface area (Å²) in [5, 5.41) is 1.99. The van der Waals surface area contributed by atoms with Crippen LogP contribution >= 0.6 is 50.9 Å². The maximum absolute atomic E-state index is 13.1. The van der Waals surface area contributed by atoms with Crippen LogP contribution in [-0.2, 0) is 11.3 Å². The molecule has 0 saturated carbocycles. The summed E-state index contributed by atoms with van der Waals surface area (Å²) in [4.78, 5) is 40.2. The Morgan fingerprint density at radius 2 is 1.69 bits per heavy atom. The molecule has 0 unspecified atom stereocenters. The molecular formula is C29H18BrCl2NO5S. The predicted octanol–water partition coefficient (Wildman–Crippen LogP) is 8.37. The van der Waals surface area contributed by atoms with Gasteiger partial charge >= 0.3 is 5.97 Å². The van der Waals surface area contributed by atoms with Gasteiger partial charge in [-0.2, -0.15) is 0 Å². The highest BCUT2D eigenvalue weighted by Gasteiger charge is 2.36. The highest BCUT2D eigenvalue weighted by molar-refractivity contribution is 9.10. The summed E-state index contributed by atoms with van der Waals surface area (Å²) >= 11 is 16.7. The number of nitrogens with zero attached hydrogens (tertiary/aromatic N) is 1. The van der Waals surface area contributed by atoms with E-state index >= 15 is 0 Å². The number of benzene rings is 4. The van der Waals surface area contributed by atoms with Gasteiger partial charge in [0.05, 0.1) is 28.6 Å². The Bertz CT molecular complexity index is 1660. The average molecular weight is 643 g/mol. The summed E-state index contributed by atoms with van der Waals surface area (Å²) in [5.74, 6) is -0.555. The third kappa shape index (κ3) is 5.56. The number of amides is 2. The second-order valence-corrected chi connectivity index (χ2v) is 11.1. The molecule has 0 atom stereocenters. The summed E-state index contributed by atoms with van der Waals surface area (Å²) < 4.78 is 11.7. The van der Waals surface area contributed by atoms with E-state index in [2.05, 4.69) is 15.9 Å². The van der Waals surface area contributed by atoms with E-state index < -0.39 is 17.1 Å². The van der Waals surface area contributed by atoms with E-state index in [1.807, 2.05) is 30.3 Å². The van der Waals surface area contributed by atoms with Crippen LogP contribution in [-0.4, -0.2) is 29.1 Å². The fraction of sp³-hybridized carbons (Fsp3) is 0.0690. The van der Waals surface area contributed by atoms with Gasteiger partial charge in [0.2, 0.25) is 0 Å². The number of halogens is 3. The zero-order valence-corrected chi connectivity index (χ0v) is 24.2. The molecule has 39 heavy (non-hydrogen) atoms. The van der Waals surface area contributed by atoms with Crippen molar-refractivity contribution in [2.75, 3.05) is 7.11 Å². The Balaban J connectivity index is 1.41. The number of hydrogen-bond donors (Lipinski definition) is 0. The minimum atomic E-state index is -0.544. The third-order valence-corrected chi connectivity index (χ3v) is 8.21. The van der Waals surface area contributed by atoms with Gasteiger partial charge in [0, 0.05) is 15.6 Å². The van der Waals surface area contributed by atoms with Crippen LogP contribution in [0, 0.1) is 0 Å². The van der Waals surface area contributed by atoms with E-state index in [1.165, 1.54) is 7.11 Å². The van der Waals surface area contributed by atoms with Crippen LogP contribution in [0.5, 0.6) is 11.5 Å². The fourth-order valence-corrected chi connectivity index (χ4v) is 6.00. The van der Waals surface area contributed by atoms with E-state index in [1.54, 1.807) is 48.5 Å². The van der Waals surface area contributed by atoms with E-state index in [0.29, 0.717) is 31.2 Å². The van der Waals surface area contributed by atoms with Gasteiger partial charge in [0.15, 0.2) is 11.5 Å². The number of carbonyl (C=O) groups is 3. The lowest BCUT2D eigenvalue weighted by Gasteiger charge is -2.15. The topological polar surface area (TPSA) is 72.9 Å². The number of thioether (sulfide) groups is 1. The first-order valence-electron chi connectivity index (χ1n) is 11.5. The minimum absolute atomic E-state index is 0.0451. The molecule has 0 radical (unpaired) electrons. The predicted molar refractivity (Wildman–Crippen MR) is 158 cm³/mol. The van der Waals surface area contributed by atoms with Gasteiger partial charge in [0.1, 0.15) is 0 Å². The zero-order valence-electron chi connectivity index (χ0n) is 20.2. The molecule has 0 N–H and O–H groups in total. The monoisotopic (exact) mass is 641 g/mol. The van der Waals surface area contributed by atoms with Crippen molar-refractivity contribution in [1.82, 2.24) is 4.90 Å². The molecule has 0 aromatic heterocycles. The normalized spacial score (nSPS) is 14.4. The van der Waals surface area contributed by atoms with E-state index in [4.69, 9.17) is 32.7 Å². The number of methoxy groups -OCH3 is 1. The zero-order chi connectivity index (χ0) is 27.7. The summed E-state index contributed by atoms with van der Waals surface area (Å²) in [7, 11) is 1.45. The van der Waals surface area contributed by atoms with Crippen LogP contribution in [0.1, 0.15) is 21.5 Å².